The summed E-state index contributed by atoms with van der Waals surface area (Å²) >= 11 is 5.74. The highest BCUT2D eigenvalue weighted by Gasteiger charge is 2.05. The Morgan fingerprint density at radius 1 is 1.22 bits per heavy atom. The highest BCUT2D eigenvalue weighted by Crippen LogP contribution is 2.10. The van der Waals surface area contributed by atoms with Gasteiger partial charge in [0.2, 0.25) is 5.28 Å². The number of aryl methyl sites for hydroxylation is 1. The van der Waals surface area contributed by atoms with E-state index >= 15 is 0 Å². The molecule has 0 aliphatic carbocycles. The Labute approximate surface area is 109 Å². The van der Waals surface area contributed by atoms with Crippen LogP contribution in [0.1, 0.15) is 27.6 Å². The van der Waals surface area contributed by atoms with E-state index in [-0.39, 0.29) is 10.8 Å². The summed E-state index contributed by atoms with van der Waals surface area (Å²) in [6.07, 6.45) is 0.489. The van der Waals surface area contributed by atoms with Gasteiger partial charge in [0.15, 0.2) is 0 Å². The maximum atomic E-state index is 10.7. The van der Waals surface area contributed by atoms with Gasteiger partial charge in [0.1, 0.15) is 11.6 Å². The van der Waals surface area contributed by atoms with Gasteiger partial charge in [-0.05, 0) is 36.2 Å². The Morgan fingerprint density at radius 2 is 1.89 bits per heavy atom. The highest BCUT2D eigenvalue weighted by atomic mass is 35.5. The molecule has 18 heavy (non-hydrogen) atoms. The molecular formula is C12H10ClN3O2. The van der Waals surface area contributed by atoms with E-state index in [2.05, 4.69) is 15.0 Å². The van der Waals surface area contributed by atoms with E-state index in [0.29, 0.717) is 18.1 Å². The van der Waals surface area contributed by atoms with Crippen LogP contribution in [0.4, 0.5) is 0 Å². The first kappa shape index (κ1) is 12.4. The molecule has 1 heterocycles. The summed E-state index contributed by atoms with van der Waals surface area (Å²) in [7, 11) is 0. The molecule has 1 aromatic carbocycles. The van der Waals surface area contributed by atoms with Crippen LogP contribution in [-0.4, -0.2) is 26.0 Å². The fraction of sp³-hybridized carbons (Fsp3) is 0.167. The smallest absolute Gasteiger partial charge is 0.335 e. The second-order valence-corrected chi connectivity index (χ2v) is 4.08. The summed E-state index contributed by atoms with van der Waals surface area (Å²) in [5.74, 6) is 0.184. The summed E-state index contributed by atoms with van der Waals surface area (Å²) in [5, 5.41) is 8.95. The number of hydrogen-bond donors (Lipinski definition) is 1. The van der Waals surface area contributed by atoms with Gasteiger partial charge >= 0.3 is 5.97 Å². The zero-order valence-electron chi connectivity index (χ0n) is 9.59. The summed E-state index contributed by atoms with van der Waals surface area (Å²) in [6.45, 7) is 1.74. The molecule has 0 spiro atoms. The average Bonchev–Trinajstić information content (AvgIpc) is 2.28. The van der Waals surface area contributed by atoms with E-state index < -0.39 is 5.97 Å². The van der Waals surface area contributed by atoms with E-state index in [1.165, 1.54) is 0 Å². The van der Waals surface area contributed by atoms with Gasteiger partial charge in [0.25, 0.3) is 0 Å². The largest absolute Gasteiger partial charge is 0.478 e. The molecule has 1 aromatic heterocycles. The monoisotopic (exact) mass is 263 g/mol. The van der Waals surface area contributed by atoms with Gasteiger partial charge in [-0.1, -0.05) is 12.1 Å². The number of carbonyl (C=O) groups is 1. The molecule has 0 fully saturated rings. The lowest BCUT2D eigenvalue weighted by molar-refractivity contribution is 0.0697. The zero-order valence-corrected chi connectivity index (χ0v) is 10.3. The van der Waals surface area contributed by atoms with Gasteiger partial charge in [0, 0.05) is 6.42 Å². The van der Waals surface area contributed by atoms with Gasteiger partial charge in [-0.3, -0.25) is 0 Å². The van der Waals surface area contributed by atoms with Crippen molar-refractivity contribution in [2.24, 2.45) is 0 Å². The molecule has 2 rings (SSSR count). The highest BCUT2D eigenvalue weighted by molar-refractivity contribution is 6.28. The summed E-state index contributed by atoms with van der Waals surface area (Å²) < 4.78 is 0. The van der Waals surface area contributed by atoms with Crippen molar-refractivity contribution in [1.29, 1.82) is 0 Å². The van der Waals surface area contributed by atoms with Crippen LogP contribution < -0.4 is 0 Å². The molecule has 0 unspecified atom stereocenters. The number of nitrogens with zero attached hydrogens (tertiary/aromatic N) is 3. The fourth-order valence-electron chi connectivity index (χ4n) is 1.53. The maximum absolute atomic E-state index is 10.7. The van der Waals surface area contributed by atoms with Crippen molar-refractivity contribution in [1.82, 2.24) is 15.0 Å². The molecule has 0 saturated heterocycles. The van der Waals surface area contributed by atoms with Crippen LogP contribution in [0.5, 0.6) is 0 Å². The van der Waals surface area contributed by atoms with E-state index in [1.807, 2.05) is 0 Å². The van der Waals surface area contributed by atoms with Crippen molar-refractivity contribution in [2.45, 2.75) is 13.3 Å². The molecule has 0 radical (unpaired) electrons. The number of aromatic carboxylic acids is 1. The Kier molecular flexibility index (Phi) is 3.53. The van der Waals surface area contributed by atoms with E-state index in [4.69, 9.17) is 16.7 Å². The number of benzene rings is 1. The Bertz CT molecular complexity index is 564. The van der Waals surface area contributed by atoms with Gasteiger partial charge in [-0.15, -0.1) is 0 Å². The third kappa shape index (κ3) is 3.01. The molecular weight excluding hydrogens is 254 g/mol. The summed E-state index contributed by atoms with van der Waals surface area (Å²) in [6, 6.07) is 6.56. The molecule has 2 aromatic rings. The Morgan fingerprint density at radius 3 is 2.44 bits per heavy atom. The molecule has 0 bridgehead atoms. The normalized spacial score (nSPS) is 10.3. The molecule has 0 aliphatic heterocycles. The van der Waals surface area contributed by atoms with Crippen LogP contribution in [0, 0.1) is 6.92 Å². The lowest BCUT2D eigenvalue weighted by atomic mass is 10.1. The molecule has 92 valence electrons. The maximum Gasteiger partial charge on any atom is 0.335 e. The van der Waals surface area contributed by atoms with Crippen LogP contribution in [0.2, 0.25) is 5.28 Å². The van der Waals surface area contributed by atoms with Crippen molar-refractivity contribution in [3.05, 3.63) is 52.3 Å². The quantitative estimate of drug-likeness (QED) is 0.918. The predicted molar refractivity (Wildman–Crippen MR) is 65.8 cm³/mol. The number of hydrogen-bond acceptors (Lipinski definition) is 4. The minimum atomic E-state index is -0.944. The number of halogens is 1. The van der Waals surface area contributed by atoms with Crippen molar-refractivity contribution in [3.8, 4) is 0 Å². The lowest BCUT2D eigenvalue weighted by Gasteiger charge is -2.02. The van der Waals surface area contributed by atoms with Crippen LogP contribution in [0.25, 0.3) is 0 Å². The average molecular weight is 264 g/mol. The van der Waals surface area contributed by atoms with Crippen LogP contribution in [0.3, 0.4) is 0 Å². The third-order valence-corrected chi connectivity index (χ3v) is 2.50. The van der Waals surface area contributed by atoms with Gasteiger partial charge < -0.3 is 5.11 Å². The van der Waals surface area contributed by atoms with Gasteiger partial charge in [-0.2, -0.15) is 0 Å². The van der Waals surface area contributed by atoms with Gasteiger partial charge in [0.05, 0.1) is 5.56 Å². The van der Waals surface area contributed by atoms with E-state index in [1.54, 1.807) is 31.2 Å². The summed E-state index contributed by atoms with van der Waals surface area (Å²) in [5.41, 5.74) is 1.17. The number of aromatic nitrogens is 3. The van der Waals surface area contributed by atoms with Gasteiger partial charge in [-0.25, -0.2) is 19.7 Å². The molecule has 0 aliphatic rings. The lowest BCUT2D eigenvalue weighted by Crippen LogP contribution is -2.02. The second-order valence-electron chi connectivity index (χ2n) is 3.75. The first-order valence-corrected chi connectivity index (χ1v) is 5.61. The molecule has 0 saturated carbocycles. The molecule has 0 atom stereocenters. The number of rotatable bonds is 3. The van der Waals surface area contributed by atoms with Crippen LogP contribution in [-0.2, 0) is 6.42 Å². The number of carboxylic acids is 1. The van der Waals surface area contributed by atoms with Crippen molar-refractivity contribution in [2.75, 3.05) is 0 Å². The standard InChI is InChI=1S/C12H10ClN3O2/c1-7-14-10(16-12(13)15-7)6-8-2-4-9(5-3-8)11(17)18/h2-5H,6H2,1H3,(H,17,18). The first-order valence-electron chi connectivity index (χ1n) is 5.24. The SMILES string of the molecule is Cc1nc(Cl)nc(Cc2ccc(C(=O)O)cc2)n1. The third-order valence-electron chi connectivity index (χ3n) is 2.33. The first-order chi connectivity index (χ1) is 8.54. The minimum absolute atomic E-state index is 0.166. The molecule has 6 heteroatoms. The number of carboxylic acid groups (broad SMARTS) is 1. The molecule has 0 amide bonds. The van der Waals surface area contributed by atoms with Crippen molar-refractivity contribution < 1.29 is 9.90 Å². The van der Waals surface area contributed by atoms with Crippen LogP contribution >= 0.6 is 11.6 Å². The second kappa shape index (κ2) is 5.10. The Balaban J connectivity index is 2.20. The Hall–Kier alpha value is -2.01. The van der Waals surface area contributed by atoms with E-state index in [0.717, 1.165) is 5.56 Å². The zero-order chi connectivity index (χ0) is 13.1. The fourth-order valence-corrected chi connectivity index (χ4v) is 1.75. The molecule has 1 N–H and O–H groups in total. The topological polar surface area (TPSA) is 76.0 Å². The predicted octanol–water partition coefficient (Wildman–Crippen LogP) is 2.12. The van der Waals surface area contributed by atoms with Crippen molar-refractivity contribution in [3.63, 3.8) is 0 Å². The minimum Gasteiger partial charge on any atom is -0.478 e. The van der Waals surface area contributed by atoms with Crippen LogP contribution in [0.15, 0.2) is 24.3 Å². The summed E-state index contributed by atoms with van der Waals surface area (Å²) in [4.78, 5) is 22.8. The van der Waals surface area contributed by atoms with E-state index in [9.17, 15) is 4.79 Å². The van der Waals surface area contributed by atoms with Crippen molar-refractivity contribution >= 4 is 17.6 Å². The molecule has 5 nitrogen and oxygen atoms in total.